The third kappa shape index (κ3) is 4.81. The van der Waals surface area contributed by atoms with Crippen LogP contribution in [0, 0.1) is 0 Å². The molecule has 19 heavy (non-hydrogen) atoms. The topological polar surface area (TPSA) is 21.3 Å². The number of nitrogens with one attached hydrogen (secondary N) is 1. The molecule has 0 radical (unpaired) electrons. The number of fused-ring (bicyclic) bond motifs is 1. The van der Waals surface area contributed by atoms with E-state index in [0.717, 1.165) is 32.5 Å². The molecule has 2 rings (SSSR count). The van der Waals surface area contributed by atoms with Gasteiger partial charge in [0.05, 0.1) is 6.61 Å². The molecule has 0 spiro atoms. The smallest absolute Gasteiger partial charge is 0.0587 e. The fourth-order valence-electron chi connectivity index (χ4n) is 2.57. The van der Waals surface area contributed by atoms with Gasteiger partial charge in [-0.1, -0.05) is 30.4 Å². The van der Waals surface area contributed by atoms with Gasteiger partial charge in [-0.3, -0.25) is 0 Å². The van der Waals surface area contributed by atoms with Gasteiger partial charge in [-0.15, -0.1) is 0 Å². The van der Waals surface area contributed by atoms with E-state index in [1.807, 2.05) is 0 Å². The van der Waals surface area contributed by atoms with E-state index in [2.05, 4.69) is 35.7 Å². The van der Waals surface area contributed by atoms with E-state index in [1.165, 1.54) is 24.8 Å². The average molecular weight is 259 g/mol. The van der Waals surface area contributed by atoms with Crippen LogP contribution in [0.25, 0.3) is 0 Å². The first-order chi connectivity index (χ1) is 9.40. The van der Waals surface area contributed by atoms with Gasteiger partial charge in [-0.25, -0.2) is 0 Å². The Morgan fingerprint density at radius 2 is 2.05 bits per heavy atom. The molecule has 2 nitrogen and oxygen atoms in total. The maximum atomic E-state index is 4.98. The summed E-state index contributed by atoms with van der Waals surface area (Å²) in [4.78, 5) is 0. The van der Waals surface area contributed by atoms with E-state index in [9.17, 15) is 0 Å². The zero-order chi connectivity index (χ0) is 13.3. The molecule has 0 bridgehead atoms. The standard InChI is InChI=1S/C17H25NO/c1-19-13-12-18-11-4-2-3-6-15-9-10-16-7-5-8-17(16)14-15/h2-3,9-10,14,18H,4-8,11-13H2,1H3. The van der Waals surface area contributed by atoms with Gasteiger partial charge in [0.15, 0.2) is 0 Å². The molecule has 0 aliphatic heterocycles. The first kappa shape index (κ1) is 14.3. The lowest BCUT2D eigenvalue weighted by atomic mass is 10.0. The van der Waals surface area contributed by atoms with E-state index in [-0.39, 0.29) is 0 Å². The molecule has 1 N–H and O–H groups in total. The number of methoxy groups -OCH3 is 1. The number of rotatable bonds is 8. The summed E-state index contributed by atoms with van der Waals surface area (Å²) in [6.07, 6.45) is 10.6. The first-order valence-electron chi connectivity index (χ1n) is 7.35. The Morgan fingerprint density at radius 3 is 2.95 bits per heavy atom. The SMILES string of the molecule is COCCNCCC=CCc1ccc2c(c1)CCC2. The molecular formula is C17H25NO. The van der Waals surface area contributed by atoms with Crippen molar-refractivity contribution in [2.24, 2.45) is 0 Å². The quantitative estimate of drug-likeness (QED) is 0.572. The van der Waals surface area contributed by atoms with Crippen molar-refractivity contribution in [3.05, 3.63) is 47.0 Å². The van der Waals surface area contributed by atoms with Crippen LogP contribution in [0.2, 0.25) is 0 Å². The molecule has 2 heteroatoms. The zero-order valence-corrected chi connectivity index (χ0v) is 12.0. The van der Waals surface area contributed by atoms with Crippen LogP contribution in [0.1, 0.15) is 29.5 Å². The average Bonchev–Trinajstić information content (AvgIpc) is 2.89. The fraction of sp³-hybridized carbons (Fsp3) is 0.529. The molecule has 0 unspecified atom stereocenters. The third-order valence-corrected chi connectivity index (χ3v) is 3.65. The lowest BCUT2D eigenvalue weighted by Crippen LogP contribution is -2.19. The second-order valence-electron chi connectivity index (χ2n) is 5.16. The molecule has 0 heterocycles. The predicted molar refractivity (Wildman–Crippen MR) is 80.7 cm³/mol. The largest absolute Gasteiger partial charge is 0.383 e. The number of ether oxygens (including phenoxy) is 1. The lowest BCUT2D eigenvalue weighted by Gasteiger charge is -2.02. The van der Waals surface area contributed by atoms with E-state index < -0.39 is 0 Å². The van der Waals surface area contributed by atoms with Crippen LogP contribution in [0.3, 0.4) is 0 Å². The number of hydrogen-bond acceptors (Lipinski definition) is 2. The van der Waals surface area contributed by atoms with E-state index >= 15 is 0 Å². The van der Waals surface area contributed by atoms with E-state index in [4.69, 9.17) is 4.74 Å². The minimum atomic E-state index is 0.791. The van der Waals surface area contributed by atoms with Crippen molar-refractivity contribution in [2.45, 2.75) is 32.1 Å². The number of benzene rings is 1. The number of allylic oxidation sites excluding steroid dienone is 1. The highest BCUT2D eigenvalue weighted by atomic mass is 16.5. The van der Waals surface area contributed by atoms with E-state index in [0.29, 0.717) is 0 Å². The maximum Gasteiger partial charge on any atom is 0.0587 e. The zero-order valence-electron chi connectivity index (χ0n) is 12.0. The Hall–Kier alpha value is -1.12. The lowest BCUT2D eigenvalue weighted by molar-refractivity contribution is 0.199. The molecule has 1 aliphatic carbocycles. The van der Waals surface area contributed by atoms with Crippen LogP contribution in [0.5, 0.6) is 0 Å². The molecule has 0 saturated heterocycles. The fourth-order valence-corrected chi connectivity index (χ4v) is 2.57. The molecule has 0 atom stereocenters. The van der Waals surface area contributed by atoms with Crippen molar-refractivity contribution in [3.63, 3.8) is 0 Å². The van der Waals surface area contributed by atoms with Gasteiger partial charge < -0.3 is 10.1 Å². The first-order valence-corrected chi connectivity index (χ1v) is 7.35. The summed E-state index contributed by atoms with van der Waals surface area (Å²) in [5.41, 5.74) is 4.59. The van der Waals surface area contributed by atoms with Crippen LogP contribution >= 0.6 is 0 Å². The highest BCUT2D eigenvalue weighted by Gasteiger charge is 2.09. The summed E-state index contributed by atoms with van der Waals surface area (Å²) in [6, 6.07) is 6.99. The number of aryl methyl sites for hydroxylation is 2. The highest BCUT2D eigenvalue weighted by molar-refractivity contribution is 5.35. The number of hydrogen-bond donors (Lipinski definition) is 1. The van der Waals surface area contributed by atoms with Gasteiger partial charge in [-0.2, -0.15) is 0 Å². The highest BCUT2D eigenvalue weighted by Crippen LogP contribution is 2.23. The van der Waals surface area contributed by atoms with Crippen molar-refractivity contribution in [1.29, 1.82) is 0 Å². The van der Waals surface area contributed by atoms with Crippen molar-refractivity contribution >= 4 is 0 Å². The summed E-state index contributed by atoms with van der Waals surface area (Å²) >= 11 is 0. The molecule has 104 valence electrons. The summed E-state index contributed by atoms with van der Waals surface area (Å²) < 4.78 is 4.98. The van der Waals surface area contributed by atoms with Gasteiger partial charge in [0.1, 0.15) is 0 Å². The van der Waals surface area contributed by atoms with Crippen molar-refractivity contribution in [1.82, 2.24) is 5.32 Å². The second kappa shape index (κ2) is 8.13. The Balaban J connectivity index is 1.65. The molecule has 0 aromatic heterocycles. The molecule has 0 amide bonds. The molecule has 1 aromatic rings. The summed E-state index contributed by atoms with van der Waals surface area (Å²) in [5.74, 6) is 0. The normalized spacial score (nSPS) is 14.2. The van der Waals surface area contributed by atoms with Gasteiger partial charge in [0, 0.05) is 13.7 Å². The Morgan fingerprint density at radius 1 is 1.16 bits per heavy atom. The minimum Gasteiger partial charge on any atom is -0.383 e. The van der Waals surface area contributed by atoms with Gasteiger partial charge in [-0.05, 0) is 55.3 Å². The monoisotopic (exact) mass is 259 g/mol. The van der Waals surface area contributed by atoms with Crippen LogP contribution in [-0.2, 0) is 24.0 Å². The van der Waals surface area contributed by atoms with Gasteiger partial charge >= 0.3 is 0 Å². The maximum absolute atomic E-state index is 4.98. The molecule has 0 fully saturated rings. The van der Waals surface area contributed by atoms with Crippen molar-refractivity contribution < 1.29 is 4.74 Å². The third-order valence-electron chi connectivity index (χ3n) is 3.65. The van der Waals surface area contributed by atoms with Crippen LogP contribution in [0.15, 0.2) is 30.4 Å². The summed E-state index contributed by atoms with van der Waals surface area (Å²) in [7, 11) is 1.73. The molecule has 1 aromatic carbocycles. The Labute approximate surface area is 116 Å². The Kier molecular flexibility index (Phi) is 6.12. The van der Waals surface area contributed by atoms with Gasteiger partial charge in [0.2, 0.25) is 0 Å². The molecular weight excluding hydrogens is 234 g/mol. The van der Waals surface area contributed by atoms with Crippen LogP contribution < -0.4 is 5.32 Å². The summed E-state index contributed by atoms with van der Waals surface area (Å²) in [6.45, 7) is 2.76. The predicted octanol–water partition coefficient (Wildman–Crippen LogP) is 2.90. The van der Waals surface area contributed by atoms with Crippen molar-refractivity contribution in [2.75, 3.05) is 26.8 Å². The van der Waals surface area contributed by atoms with Gasteiger partial charge in [0.25, 0.3) is 0 Å². The molecule has 0 saturated carbocycles. The van der Waals surface area contributed by atoms with Crippen molar-refractivity contribution in [3.8, 4) is 0 Å². The Bertz CT molecular complexity index is 412. The van der Waals surface area contributed by atoms with Crippen LogP contribution in [0.4, 0.5) is 0 Å². The second-order valence-corrected chi connectivity index (χ2v) is 5.16. The molecule has 1 aliphatic rings. The summed E-state index contributed by atoms with van der Waals surface area (Å²) in [5, 5.41) is 3.34. The van der Waals surface area contributed by atoms with Crippen LogP contribution in [-0.4, -0.2) is 26.8 Å². The van der Waals surface area contributed by atoms with E-state index in [1.54, 1.807) is 18.2 Å². The minimum absolute atomic E-state index is 0.791.